The predicted molar refractivity (Wildman–Crippen MR) is 134 cm³/mol. The van der Waals surface area contributed by atoms with Gasteiger partial charge in [-0.15, -0.1) is 0 Å². The van der Waals surface area contributed by atoms with E-state index in [0.29, 0.717) is 11.6 Å². The number of carbonyl (C=O) groups excluding carboxylic acids is 2. The molecule has 0 atom stereocenters. The fourth-order valence-electron chi connectivity index (χ4n) is 3.96. The first-order valence-corrected chi connectivity index (χ1v) is 11.4. The number of nitrogens with one attached hydrogen (secondary N) is 1. The molecule has 0 radical (unpaired) electrons. The van der Waals surface area contributed by atoms with Crippen molar-refractivity contribution < 1.29 is 19.1 Å². The molecule has 4 rings (SSSR count). The second kappa shape index (κ2) is 9.97. The summed E-state index contributed by atoms with van der Waals surface area (Å²) in [5.74, 6) is 0.211. The van der Waals surface area contributed by atoms with E-state index in [1.165, 1.54) is 10.9 Å². The van der Waals surface area contributed by atoms with Crippen molar-refractivity contribution in [2.75, 3.05) is 18.5 Å². The van der Waals surface area contributed by atoms with Gasteiger partial charge in [0.25, 0.3) is 5.91 Å². The Bertz CT molecular complexity index is 1420. The number of aryl methyl sites for hydroxylation is 4. The molecule has 4 aromatic rings. The lowest BCUT2D eigenvalue weighted by molar-refractivity contribution is -0.118. The fraction of sp³-hybridized carbons (Fsp3) is 0.259. The van der Waals surface area contributed by atoms with Crippen molar-refractivity contribution in [1.82, 2.24) is 14.8 Å². The zero-order valence-corrected chi connectivity index (χ0v) is 20.5. The molecule has 1 amide bonds. The molecule has 2 aromatic carbocycles. The van der Waals surface area contributed by atoms with Crippen LogP contribution in [0.5, 0.6) is 5.75 Å². The molecule has 35 heavy (non-hydrogen) atoms. The summed E-state index contributed by atoms with van der Waals surface area (Å²) in [7, 11) is 0. The van der Waals surface area contributed by atoms with Crippen LogP contribution in [-0.4, -0.2) is 39.9 Å². The zero-order valence-electron chi connectivity index (χ0n) is 20.5. The third-order valence-corrected chi connectivity index (χ3v) is 5.54. The van der Waals surface area contributed by atoms with Crippen LogP contribution in [0.1, 0.15) is 39.5 Å². The summed E-state index contributed by atoms with van der Waals surface area (Å²) in [6, 6.07) is 13.5. The number of carbonyl (C=O) groups is 2. The Morgan fingerprint density at radius 1 is 1.00 bits per heavy atom. The minimum atomic E-state index is -0.585. The summed E-state index contributed by atoms with van der Waals surface area (Å²) in [4.78, 5) is 30.2. The number of amides is 1. The molecule has 1 N–H and O–H groups in total. The van der Waals surface area contributed by atoms with E-state index in [1.54, 1.807) is 13.0 Å². The molecule has 8 nitrogen and oxygen atoms in total. The van der Waals surface area contributed by atoms with Gasteiger partial charge in [-0.05, 0) is 75.6 Å². The second-order valence-electron chi connectivity index (χ2n) is 8.47. The Morgan fingerprint density at radius 2 is 1.80 bits per heavy atom. The molecule has 0 aliphatic heterocycles. The maximum Gasteiger partial charge on any atom is 0.343 e. The van der Waals surface area contributed by atoms with E-state index in [0.717, 1.165) is 33.2 Å². The molecular weight excluding hydrogens is 444 g/mol. The topological polar surface area (TPSA) is 95.3 Å². The Labute approximate surface area is 203 Å². The number of pyridine rings is 1. The molecule has 0 spiro atoms. The van der Waals surface area contributed by atoms with Gasteiger partial charge in [0.2, 0.25) is 0 Å². The van der Waals surface area contributed by atoms with Crippen LogP contribution in [0.2, 0.25) is 0 Å². The van der Waals surface area contributed by atoms with Gasteiger partial charge in [0, 0.05) is 5.39 Å². The molecular formula is C27H28N4O4. The van der Waals surface area contributed by atoms with E-state index in [4.69, 9.17) is 14.5 Å². The van der Waals surface area contributed by atoms with Crippen molar-refractivity contribution in [3.05, 3.63) is 76.5 Å². The number of ether oxygens (including phenoxy) is 2. The normalized spacial score (nSPS) is 10.9. The highest BCUT2D eigenvalue weighted by molar-refractivity contribution is 6.01. The largest absolute Gasteiger partial charge is 0.484 e. The van der Waals surface area contributed by atoms with Crippen molar-refractivity contribution >= 4 is 28.6 Å². The molecule has 8 heteroatoms. The van der Waals surface area contributed by atoms with E-state index >= 15 is 0 Å². The highest BCUT2D eigenvalue weighted by Crippen LogP contribution is 2.27. The Hall–Kier alpha value is -4.20. The number of esters is 1. The molecule has 0 aliphatic rings. The van der Waals surface area contributed by atoms with Gasteiger partial charge in [0.05, 0.1) is 18.3 Å². The number of rotatable bonds is 7. The van der Waals surface area contributed by atoms with Crippen molar-refractivity contribution in [2.45, 2.75) is 34.6 Å². The van der Waals surface area contributed by atoms with Crippen LogP contribution in [0.15, 0.2) is 48.7 Å². The SMILES string of the molecule is CCOC(=O)c1cnn(-c2cc(C)c3cc(C)cc(C)c3n2)c1NC(=O)COc1cccc(C)c1. The minimum Gasteiger partial charge on any atom is -0.484 e. The molecule has 0 unspecified atom stereocenters. The molecule has 0 aliphatic carbocycles. The molecule has 0 saturated heterocycles. The van der Waals surface area contributed by atoms with Gasteiger partial charge in [0.15, 0.2) is 18.2 Å². The van der Waals surface area contributed by atoms with E-state index in [2.05, 4.69) is 22.5 Å². The van der Waals surface area contributed by atoms with Crippen LogP contribution in [-0.2, 0) is 9.53 Å². The summed E-state index contributed by atoms with van der Waals surface area (Å²) < 4.78 is 12.2. The average Bonchev–Trinajstić information content (AvgIpc) is 3.22. The van der Waals surface area contributed by atoms with Crippen LogP contribution < -0.4 is 10.1 Å². The third-order valence-electron chi connectivity index (χ3n) is 5.54. The zero-order chi connectivity index (χ0) is 25.1. The maximum absolute atomic E-state index is 12.8. The third kappa shape index (κ3) is 5.16. The summed E-state index contributed by atoms with van der Waals surface area (Å²) in [6.45, 7) is 9.67. The number of nitrogens with zero attached hydrogens (tertiary/aromatic N) is 3. The minimum absolute atomic E-state index is 0.135. The Balaban J connectivity index is 1.70. The van der Waals surface area contributed by atoms with Gasteiger partial charge in [-0.3, -0.25) is 4.79 Å². The molecule has 180 valence electrons. The summed E-state index contributed by atoms with van der Waals surface area (Å²) in [6.07, 6.45) is 1.37. The van der Waals surface area contributed by atoms with Crippen LogP contribution in [0, 0.1) is 27.7 Å². The smallest absolute Gasteiger partial charge is 0.343 e. The van der Waals surface area contributed by atoms with Crippen molar-refractivity contribution in [3.8, 4) is 11.6 Å². The van der Waals surface area contributed by atoms with E-state index < -0.39 is 11.9 Å². The summed E-state index contributed by atoms with van der Waals surface area (Å²) >= 11 is 0. The number of hydrogen-bond donors (Lipinski definition) is 1. The van der Waals surface area contributed by atoms with Crippen LogP contribution >= 0.6 is 0 Å². The number of benzene rings is 2. The standard InChI is InChI=1S/C27H28N4O4/c1-6-34-27(33)22-14-28-31(23-13-18(4)21-12-17(3)10-19(5)25(21)29-23)26(22)30-24(32)15-35-20-9-7-8-16(2)11-20/h7-14H,6,15H2,1-5H3,(H,30,32). The first-order chi connectivity index (χ1) is 16.8. The first-order valence-electron chi connectivity index (χ1n) is 11.4. The van der Waals surface area contributed by atoms with Gasteiger partial charge >= 0.3 is 5.97 Å². The van der Waals surface area contributed by atoms with Gasteiger partial charge in [0.1, 0.15) is 11.3 Å². The van der Waals surface area contributed by atoms with E-state index in [1.807, 2.05) is 52.0 Å². The number of fused-ring (bicyclic) bond motifs is 1. The predicted octanol–water partition coefficient (Wildman–Crippen LogP) is 4.85. The van der Waals surface area contributed by atoms with Crippen LogP contribution in [0.3, 0.4) is 0 Å². The summed E-state index contributed by atoms with van der Waals surface area (Å²) in [5, 5.41) is 8.18. The van der Waals surface area contributed by atoms with E-state index in [9.17, 15) is 9.59 Å². The number of anilines is 1. The van der Waals surface area contributed by atoms with Gasteiger partial charge in [-0.25, -0.2) is 9.78 Å². The Morgan fingerprint density at radius 3 is 2.54 bits per heavy atom. The highest BCUT2D eigenvalue weighted by Gasteiger charge is 2.23. The van der Waals surface area contributed by atoms with Crippen LogP contribution in [0.4, 0.5) is 5.82 Å². The molecule has 0 saturated carbocycles. The lowest BCUT2D eigenvalue weighted by Crippen LogP contribution is -2.23. The maximum atomic E-state index is 12.8. The summed E-state index contributed by atoms with van der Waals surface area (Å²) in [5.41, 5.74) is 5.17. The van der Waals surface area contributed by atoms with E-state index in [-0.39, 0.29) is 24.6 Å². The van der Waals surface area contributed by atoms with Crippen molar-refractivity contribution in [3.63, 3.8) is 0 Å². The monoisotopic (exact) mass is 472 g/mol. The second-order valence-corrected chi connectivity index (χ2v) is 8.47. The first kappa shape index (κ1) is 23.9. The van der Waals surface area contributed by atoms with Crippen LogP contribution in [0.25, 0.3) is 16.7 Å². The number of aromatic nitrogens is 3. The quantitative estimate of drug-likeness (QED) is 0.387. The molecule has 2 heterocycles. The highest BCUT2D eigenvalue weighted by atomic mass is 16.5. The van der Waals surface area contributed by atoms with Gasteiger partial charge in [-0.1, -0.05) is 23.8 Å². The molecule has 0 bridgehead atoms. The van der Waals surface area contributed by atoms with Crippen molar-refractivity contribution in [2.24, 2.45) is 0 Å². The lowest BCUT2D eigenvalue weighted by atomic mass is 10.0. The molecule has 0 fully saturated rings. The van der Waals surface area contributed by atoms with Crippen molar-refractivity contribution in [1.29, 1.82) is 0 Å². The number of hydrogen-bond acceptors (Lipinski definition) is 6. The fourth-order valence-corrected chi connectivity index (χ4v) is 3.96. The lowest BCUT2D eigenvalue weighted by Gasteiger charge is -2.14. The van der Waals surface area contributed by atoms with Gasteiger partial charge < -0.3 is 14.8 Å². The molecule has 2 aromatic heterocycles. The van der Waals surface area contributed by atoms with Gasteiger partial charge in [-0.2, -0.15) is 9.78 Å². The average molecular weight is 473 g/mol. The Kier molecular flexibility index (Phi) is 6.82.